The highest BCUT2D eigenvalue weighted by molar-refractivity contribution is 7.91. The van der Waals surface area contributed by atoms with Crippen LogP contribution in [0.1, 0.15) is 15.9 Å². The van der Waals surface area contributed by atoms with Gasteiger partial charge >= 0.3 is 5.97 Å². The molecule has 0 heterocycles. The number of rotatable bonds is 6. The molecule has 26 heavy (non-hydrogen) atoms. The zero-order valence-electron chi connectivity index (χ0n) is 13.8. The molecule has 2 N–H and O–H groups in total. The van der Waals surface area contributed by atoms with E-state index >= 15 is 0 Å². The molecular weight excluding hydrogens is 350 g/mol. The van der Waals surface area contributed by atoms with Crippen molar-refractivity contribution in [1.82, 2.24) is 0 Å². The predicted molar refractivity (Wildman–Crippen MR) is 99.1 cm³/mol. The van der Waals surface area contributed by atoms with Crippen LogP contribution >= 0.6 is 0 Å². The number of benzene rings is 3. The molecule has 3 aromatic rings. The minimum atomic E-state index is -3.69. The van der Waals surface area contributed by atoms with E-state index < -0.39 is 15.8 Å². The lowest BCUT2D eigenvalue weighted by molar-refractivity contribution is 0.0696. The lowest BCUT2D eigenvalue weighted by atomic mass is 10.2. The van der Waals surface area contributed by atoms with Gasteiger partial charge in [0.05, 0.1) is 15.4 Å². The maximum Gasteiger partial charge on any atom is 0.335 e. The zero-order valence-corrected chi connectivity index (χ0v) is 14.6. The smallest absolute Gasteiger partial charge is 0.335 e. The summed E-state index contributed by atoms with van der Waals surface area (Å²) in [6.07, 6.45) is 0. The van der Waals surface area contributed by atoms with Crippen LogP contribution in [-0.4, -0.2) is 19.5 Å². The highest BCUT2D eigenvalue weighted by atomic mass is 32.2. The van der Waals surface area contributed by atoms with Gasteiger partial charge in [-0.15, -0.1) is 0 Å². The standard InChI is InChI=1S/C20H17NO4S/c22-20(23)16-6-10-18(11-7-16)26(24,25)19-12-8-17(9-13-19)21-14-15-4-2-1-3-5-15/h1-13,21H,14H2,(H,22,23). The third kappa shape index (κ3) is 3.92. The van der Waals surface area contributed by atoms with Gasteiger partial charge in [0.25, 0.3) is 0 Å². The average Bonchev–Trinajstić information content (AvgIpc) is 2.67. The van der Waals surface area contributed by atoms with Crippen molar-refractivity contribution >= 4 is 21.5 Å². The van der Waals surface area contributed by atoms with Crippen LogP contribution in [0.5, 0.6) is 0 Å². The van der Waals surface area contributed by atoms with Crippen molar-refractivity contribution in [3.8, 4) is 0 Å². The molecule has 0 aromatic heterocycles. The predicted octanol–water partition coefficient (Wildman–Crippen LogP) is 3.83. The summed E-state index contributed by atoms with van der Waals surface area (Å²) in [6.45, 7) is 0.642. The summed E-state index contributed by atoms with van der Waals surface area (Å²) in [5.41, 5.74) is 1.99. The van der Waals surface area contributed by atoms with Gasteiger partial charge in [-0.2, -0.15) is 0 Å². The number of nitrogens with one attached hydrogen (secondary N) is 1. The van der Waals surface area contributed by atoms with Crippen molar-refractivity contribution in [2.24, 2.45) is 0 Å². The van der Waals surface area contributed by atoms with Crippen LogP contribution < -0.4 is 5.32 Å². The van der Waals surface area contributed by atoms with Crippen LogP contribution in [0.3, 0.4) is 0 Å². The fourth-order valence-electron chi connectivity index (χ4n) is 2.46. The first-order valence-electron chi connectivity index (χ1n) is 7.93. The Hall–Kier alpha value is -3.12. The van der Waals surface area contributed by atoms with Crippen molar-refractivity contribution in [2.75, 3.05) is 5.32 Å². The van der Waals surface area contributed by atoms with E-state index in [9.17, 15) is 13.2 Å². The average molecular weight is 367 g/mol. The highest BCUT2D eigenvalue weighted by Gasteiger charge is 2.18. The Labute approximate surface area is 151 Å². The summed E-state index contributed by atoms with van der Waals surface area (Å²) < 4.78 is 25.3. The van der Waals surface area contributed by atoms with Gasteiger partial charge in [-0.25, -0.2) is 13.2 Å². The molecule has 0 spiro atoms. The third-order valence-corrected chi connectivity index (χ3v) is 5.70. The molecular formula is C20H17NO4S. The van der Waals surface area contributed by atoms with E-state index in [4.69, 9.17) is 5.11 Å². The van der Waals surface area contributed by atoms with Crippen LogP contribution in [0.25, 0.3) is 0 Å². The molecule has 0 saturated heterocycles. The first-order valence-corrected chi connectivity index (χ1v) is 9.41. The second kappa shape index (κ2) is 7.41. The quantitative estimate of drug-likeness (QED) is 0.692. The Morgan fingerprint density at radius 3 is 1.88 bits per heavy atom. The van der Waals surface area contributed by atoms with Gasteiger partial charge in [-0.1, -0.05) is 30.3 Å². The summed E-state index contributed by atoms with van der Waals surface area (Å²) in [5, 5.41) is 12.1. The van der Waals surface area contributed by atoms with Gasteiger partial charge in [0.2, 0.25) is 9.84 Å². The molecule has 0 amide bonds. The van der Waals surface area contributed by atoms with Gasteiger partial charge in [0.15, 0.2) is 0 Å². The van der Waals surface area contributed by atoms with Crippen molar-refractivity contribution in [1.29, 1.82) is 0 Å². The molecule has 0 saturated carbocycles. The fraction of sp³-hybridized carbons (Fsp3) is 0.0500. The monoisotopic (exact) mass is 367 g/mol. The molecule has 0 fully saturated rings. The van der Waals surface area contributed by atoms with Crippen LogP contribution in [0.4, 0.5) is 5.69 Å². The number of carboxylic acids is 1. The molecule has 6 heteroatoms. The van der Waals surface area contributed by atoms with Crippen LogP contribution in [0, 0.1) is 0 Å². The number of hydrogen-bond acceptors (Lipinski definition) is 4. The van der Waals surface area contributed by atoms with E-state index in [2.05, 4.69) is 5.32 Å². The lowest BCUT2D eigenvalue weighted by Crippen LogP contribution is -2.04. The van der Waals surface area contributed by atoms with Crippen LogP contribution in [0.15, 0.2) is 88.7 Å². The molecule has 0 aliphatic carbocycles. The maximum absolute atomic E-state index is 12.6. The summed E-state index contributed by atoms with van der Waals surface area (Å²) in [4.78, 5) is 11.1. The SMILES string of the molecule is O=C(O)c1ccc(S(=O)(=O)c2ccc(NCc3ccccc3)cc2)cc1. The van der Waals surface area contributed by atoms with Gasteiger partial charge in [-0.3, -0.25) is 0 Å². The van der Waals surface area contributed by atoms with Crippen molar-refractivity contribution < 1.29 is 18.3 Å². The van der Waals surface area contributed by atoms with Crippen LogP contribution in [0.2, 0.25) is 0 Å². The van der Waals surface area contributed by atoms with E-state index in [0.717, 1.165) is 11.3 Å². The first kappa shape index (κ1) is 17.7. The van der Waals surface area contributed by atoms with Crippen molar-refractivity contribution in [3.05, 3.63) is 90.0 Å². The van der Waals surface area contributed by atoms with E-state index in [-0.39, 0.29) is 15.4 Å². The van der Waals surface area contributed by atoms with Gasteiger partial charge in [0.1, 0.15) is 0 Å². The number of carbonyl (C=O) groups is 1. The molecule has 0 atom stereocenters. The summed E-state index contributed by atoms with van der Waals surface area (Å²) >= 11 is 0. The molecule has 0 unspecified atom stereocenters. The van der Waals surface area contributed by atoms with Gasteiger partial charge in [-0.05, 0) is 54.1 Å². The molecule has 5 nitrogen and oxygen atoms in total. The van der Waals surface area contributed by atoms with Crippen molar-refractivity contribution in [3.63, 3.8) is 0 Å². The molecule has 0 radical (unpaired) electrons. The summed E-state index contributed by atoms with van der Waals surface area (Å²) in [6, 6.07) is 21.6. The molecule has 0 aliphatic heterocycles. The Balaban J connectivity index is 1.75. The molecule has 132 valence electrons. The second-order valence-corrected chi connectivity index (χ2v) is 7.65. The summed E-state index contributed by atoms with van der Waals surface area (Å²) in [5.74, 6) is -1.09. The Morgan fingerprint density at radius 1 is 0.808 bits per heavy atom. The Kier molecular flexibility index (Phi) is 5.04. The van der Waals surface area contributed by atoms with E-state index in [1.165, 1.54) is 36.4 Å². The first-order chi connectivity index (χ1) is 12.5. The number of aromatic carboxylic acids is 1. The van der Waals surface area contributed by atoms with Crippen LogP contribution in [-0.2, 0) is 16.4 Å². The number of anilines is 1. The van der Waals surface area contributed by atoms with E-state index in [1.54, 1.807) is 12.1 Å². The maximum atomic E-state index is 12.6. The van der Waals surface area contributed by atoms with Gasteiger partial charge in [0, 0.05) is 12.2 Å². The Bertz CT molecular complexity index is 996. The fourth-order valence-corrected chi connectivity index (χ4v) is 3.73. The molecule has 0 aliphatic rings. The molecule has 3 aromatic carbocycles. The number of hydrogen-bond donors (Lipinski definition) is 2. The largest absolute Gasteiger partial charge is 0.478 e. The number of sulfone groups is 1. The van der Waals surface area contributed by atoms with Crippen molar-refractivity contribution in [2.45, 2.75) is 16.3 Å². The second-order valence-electron chi connectivity index (χ2n) is 5.70. The molecule has 3 rings (SSSR count). The minimum Gasteiger partial charge on any atom is -0.478 e. The Morgan fingerprint density at radius 2 is 1.35 bits per heavy atom. The van der Waals surface area contributed by atoms with E-state index in [0.29, 0.717) is 6.54 Å². The molecule has 0 bridgehead atoms. The zero-order chi connectivity index (χ0) is 18.6. The number of carboxylic acid groups (broad SMARTS) is 1. The highest BCUT2D eigenvalue weighted by Crippen LogP contribution is 2.23. The van der Waals surface area contributed by atoms with E-state index in [1.807, 2.05) is 30.3 Å². The van der Waals surface area contributed by atoms with Gasteiger partial charge < -0.3 is 10.4 Å². The normalized spacial score (nSPS) is 11.1. The lowest BCUT2D eigenvalue weighted by Gasteiger charge is -2.09. The minimum absolute atomic E-state index is 0.0457. The summed E-state index contributed by atoms with van der Waals surface area (Å²) in [7, 11) is -3.69. The third-order valence-electron chi connectivity index (χ3n) is 3.92. The topological polar surface area (TPSA) is 83.5 Å².